The standard InChI is InChI=1S/C14H18ClNO2/c1-9-7-13(18-2)11(8-12(9)15)14(17)16-10-5-3-4-6-10/h7-8,10H,3-6H2,1-2H3,(H,16,17). The predicted octanol–water partition coefficient (Wildman–Crippen LogP) is 3.33. The molecular weight excluding hydrogens is 250 g/mol. The fraction of sp³-hybridized carbons (Fsp3) is 0.500. The van der Waals surface area contributed by atoms with Crippen LogP contribution in [0.1, 0.15) is 41.6 Å². The summed E-state index contributed by atoms with van der Waals surface area (Å²) in [4.78, 5) is 12.2. The quantitative estimate of drug-likeness (QED) is 0.912. The summed E-state index contributed by atoms with van der Waals surface area (Å²) < 4.78 is 5.25. The smallest absolute Gasteiger partial charge is 0.255 e. The molecule has 4 heteroatoms. The van der Waals surface area contributed by atoms with Crippen LogP contribution in [0.4, 0.5) is 0 Å². The Kier molecular flexibility index (Phi) is 4.12. The lowest BCUT2D eigenvalue weighted by molar-refractivity contribution is 0.0935. The molecule has 1 fully saturated rings. The van der Waals surface area contributed by atoms with Gasteiger partial charge in [-0.25, -0.2) is 0 Å². The average Bonchev–Trinajstić information content (AvgIpc) is 2.84. The van der Waals surface area contributed by atoms with Gasteiger partial charge in [0, 0.05) is 11.1 Å². The minimum Gasteiger partial charge on any atom is -0.496 e. The summed E-state index contributed by atoms with van der Waals surface area (Å²) in [6, 6.07) is 3.77. The van der Waals surface area contributed by atoms with E-state index in [1.807, 2.05) is 6.92 Å². The van der Waals surface area contributed by atoms with E-state index in [2.05, 4.69) is 5.32 Å². The van der Waals surface area contributed by atoms with Gasteiger partial charge in [-0.2, -0.15) is 0 Å². The minimum absolute atomic E-state index is 0.0966. The molecule has 0 aliphatic heterocycles. The molecule has 0 unspecified atom stereocenters. The van der Waals surface area contributed by atoms with E-state index in [1.54, 1.807) is 19.2 Å². The van der Waals surface area contributed by atoms with Crippen LogP contribution in [-0.4, -0.2) is 19.1 Å². The first-order valence-corrected chi connectivity index (χ1v) is 6.64. The van der Waals surface area contributed by atoms with Crippen molar-refractivity contribution in [3.8, 4) is 5.75 Å². The molecule has 1 aromatic rings. The maximum absolute atomic E-state index is 12.2. The van der Waals surface area contributed by atoms with Gasteiger partial charge in [-0.05, 0) is 37.5 Å². The highest BCUT2D eigenvalue weighted by Gasteiger charge is 2.20. The molecule has 1 saturated carbocycles. The normalized spacial score (nSPS) is 15.7. The van der Waals surface area contributed by atoms with Crippen molar-refractivity contribution in [3.05, 3.63) is 28.3 Å². The van der Waals surface area contributed by atoms with Gasteiger partial charge in [-0.1, -0.05) is 24.4 Å². The molecule has 98 valence electrons. The Morgan fingerprint density at radius 1 is 1.39 bits per heavy atom. The van der Waals surface area contributed by atoms with Crippen molar-refractivity contribution in [2.24, 2.45) is 0 Å². The maximum Gasteiger partial charge on any atom is 0.255 e. The van der Waals surface area contributed by atoms with Crippen LogP contribution in [-0.2, 0) is 0 Å². The molecule has 0 atom stereocenters. The highest BCUT2D eigenvalue weighted by molar-refractivity contribution is 6.31. The molecule has 1 aliphatic rings. The Hall–Kier alpha value is -1.22. The van der Waals surface area contributed by atoms with Crippen molar-refractivity contribution in [2.45, 2.75) is 38.6 Å². The van der Waals surface area contributed by atoms with E-state index < -0.39 is 0 Å². The number of ether oxygens (including phenoxy) is 1. The van der Waals surface area contributed by atoms with Crippen LogP contribution < -0.4 is 10.1 Å². The first-order valence-electron chi connectivity index (χ1n) is 6.27. The molecule has 0 saturated heterocycles. The van der Waals surface area contributed by atoms with E-state index in [0.717, 1.165) is 18.4 Å². The number of hydrogen-bond donors (Lipinski definition) is 1. The summed E-state index contributed by atoms with van der Waals surface area (Å²) in [5, 5.41) is 3.63. The lowest BCUT2D eigenvalue weighted by atomic mass is 10.1. The largest absolute Gasteiger partial charge is 0.496 e. The van der Waals surface area contributed by atoms with Crippen LogP contribution >= 0.6 is 11.6 Å². The molecule has 18 heavy (non-hydrogen) atoms. The van der Waals surface area contributed by atoms with Crippen molar-refractivity contribution < 1.29 is 9.53 Å². The third kappa shape index (κ3) is 2.78. The summed E-state index contributed by atoms with van der Waals surface area (Å²) in [7, 11) is 1.56. The number of methoxy groups -OCH3 is 1. The van der Waals surface area contributed by atoms with E-state index in [9.17, 15) is 4.79 Å². The number of carbonyl (C=O) groups is 1. The van der Waals surface area contributed by atoms with E-state index in [1.165, 1.54) is 12.8 Å². The van der Waals surface area contributed by atoms with Crippen molar-refractivity contribution in [2.75, 3.05) is 7.11 Å². The summed E-state index contributed by atoms with van der Waals surface area (Å²) in [5.74, 6) is 0.480. The van der Waals surface area contributed by atoms with E-state index in [4.69, 9.17) is 16.3 Å². The van der Waals surface area contributed by atoms with Crippen LogP contribution in [0.5, 0.6) is 5.75 Å². The number of benzene rings is 1. The summed E-state index contributed by atoms with van der Waals surface area (Å²) in [5.41, 5.74) is 1.42. The molecule has 2 rings (SSSR count). The Balaban J connectivity index is 2.20. The Morgan fingerprint density at radius 2 is 2.06 bits per heavy atom. The number of nitrogens with one attached hydrogen (secondary N) is 1. The van der Waals surface area contributed by atoms with Gasteiger partial charge >= 0.3 is 0 Å². The lowest BCUT2D eigenvalue weighted by Crippen LogP contribution is -2.32. The number of halogens is 1. The lowest BCUT2D eigenvalue weighted by Gasteiger charge is -2.15. The summed E-state index contributed by atoms with van der Waals surface area (Å²) in [6.07, 6.45) is 4.51. The Morgan fingerprint density at radius 3 is 2.67 bits per heavy atom. The number of carbonyl (C=O) groups excluding carboxylic acids is 1. The monoisotopic (exact) mass is 267 g/mol. The summed E-state index contributed by atoms with van der Waals surface area (Å²) in [6.45, 7) is 1.89. The second-order valence-electron chi connectivity index (χ2n) is 4.76. The summed E-state index contributed by atoms with van der Waals surface area (Å²) >= 11 is 6.07. The average molecular weight is 268 g/mol. The second kappa shape index (κ2) is 5.61. The number of aryl methyl sites for hydroxylation is 1. The zero-order chi connectivity index (χ0) is 13.1. The van der Waals surface area contributed by atoms with Gasteiger partial charge in [-0.3, -0.25) is 4.79 Å². The van der Waals surface area contributed by atoms with E-state index >= 15 is 0 Å². The van der Waals surface area contributed by atoms with Crippen LogP contribution in [0.25, 0.3) is 0 Å². The SMILES string of the molecule is COc1cc(C)c(Cl)cc1C(=O)NC1CCCC1. The molecule has 3 nitrogen and oxygen atoms in total. The van der Waals surface area contributed by atoms with Gasteiger partial charge in [0.05, 0.1) is 12.7 Å². The molecule has 0 aromatic heterocycles. The molecular formula is C14H18ClNO2. The first kappa shape index (κ1) is 13.2. The van der Waals surface area contributed by atoms with Gasteiger partial charge in [-0.15, -0.1) is 0 Å². The second-order valence-corrected chi connectivity index (χ2v) is 5.16. The predicted molar refractivity (Wildman–Crippen MR) is 72.5 cm³/mol. The third-order valence-electron chi connectivity index (χ3n) is 3.42. The number of rotatable bonds is 3. The van der Waals surface area contributed by atoms with Gasteiger partial charge in [0.15, 0.2) is 0 Å². The van der Waals surface area contributed by atoms with Crippen LogP contribution in [0.2, 0.25) is 5.02 Å². The third-order valence-corrected chi connectivity index (χ3v) is 3.82. The van der Waals surface area contributed by atoms with Crippen LogP contribution in [0.15, 0.2) is 12.1 Å². The van der Waals surface area contributed by atoms with Crippen molar-refractivity contribution in [1.82, 2.24) is 5.32 Å². The molecule has 0 heterocycles. The number of amides is 1. The fourth-order valence-corrected chi connectivity index (χ4v) is 2.50. The van der Waals surface area contributed by atoms with Gasteiger partial charge in [0.1, 0.15) is 5.75 Å². The van der Waals surface area contributed by atoms with Crippen molar-refractivity contribution >= 4 is 17.5 Å². The van der Waals surface area contributed by atoms with Gasteiger partial charge < -0.3 is 10.1 Å². The van der Waals surface area contributed by atoms with Crippen molar-refractivity contribution in [1.29, 1.82) is 0 Å². The highest BCUT2D eigenvalue weighted by atomic mass is 35.5. The van der Waals surface area contributed by atoms with Gasteiger partial charge in [0.2, 0.25) is 0 Å². The zero-order valence-corrected chi connectivity index (χ0v) is 11.5. The van der Waals surface area contributed by atoms with Crippen molar-refractivity contribution in [3.63, 3.8) is 0 Å². The maximum atomic E-state index is 12.2. The van der Waals surface area contributed by atoms with Crippen LogP contribution in [0, 0.1) is 6.92 Å². The fourth-order valence-electron chi connectivity index (χ4n) is 2.33. The molecule has 0 spiro atoms. The molecule has 0 bridgehead atoms. The topological polar surface area (TPSA) is 38.3 Å². The molecule has 1 N–H and O–H groups in total. The zero-order valence-electron chi connectivity index (χ0n) is 10.8. The Labute approximate surface area is 112 Å². The molecule has 0 radical (unpaired) electrons. The number of hydrogen-bond acceptors (Lipinski definition) is 2. The molecule has 1 aliphatic carbocycles. The van der Waals surface area contributed by atoms with E-state index in [0.29, 0.717) is 22.4 Å². The van der Waals surface area contributed by atoms with Gasteiger partial charge in [0.25, 0.3) is 5.91 Å². The Bertz CT molecular complexity index is 453. The first-order chi connectivity index (χ1) is 8.61. The molecule has 1 amide bonds. The molecule has 1 aromatic carbocycles. The van der Waals surface area contributed by atoms with Crippen LogP contribution in [0.3, 0.4) is 0 Å². The minimum atomic E-state index is -0.0966. The van der Waals surface area contributed by atoms with E-state index in [-0.39, 0.29) is 5.91 Å². The highest BCUT2D eigenvalue weighted by Crippen LogP contribution is 2.27.